The van der Waals surface area contributed by atoms with E-state index in [0.29, 0.717) is 33.8 Å². The Labute approximate surface area is 201 Å². The molecule has 0 aliphatic heterocycles. The van der Waals surface area contributed by atoms with Crippen LogP contribution in [-0.2, 0) is 6.42 Å². The summed E-state index contributed by atoms with van der Waals surface area (Å²) in [5.74, 6) is -0.906. The minimum Gasteiger partial charge on any atom is -0.496 e. The first-order valence-corrected chi connectivity index (χ1v) is 11.0. The number of hydrogen-bond acceptors (Lipinski definition) is 6. The van der Waals surface area contributed by atoms with Gasteiger partial charge in [0.1, 0.15) is 23.1 Å². The minimum absolute atomic E-state index is 0.00622. The van der Waals surface area contributed by atoms with Crippen LogP contribution in [0.3, 0.4) is 0 Å². The van der Waals surface area contributed by atoms with Crippen molar-refractivity contribution in [1.29, 1.82) is 0 Å². The van der Waals surface area contributed by atoms with Crippen molar-refractivity contribution in [2.75, 3.05) is 12.8 Å². The van der Waals surface area contributed by atoms with Gasteiger partial charge in [-0.1, -0.05) is 6.07 Å². The van der Waals surface area contributed by atoms with Crippen LogP contribution in [0.4, 0.5) is 14.6 Å². The van der Waals surface area contributed by atoms with Crippen LogP contribution in [0.5, 0.6) is 5.75 Å². The van der Waals surface area contributed by atoms with E-state index < -0.39 is 5.82 Å². The van der Waals surface area contributed by atoms with E-state index >= 15 is 0 Å². The summed E-state index contributed by atoms with van der Waals surface area (Å²) in [4.78, 5) is 26.7. The zero-order chi connectivity index (χ0) is 25.1. The van der Waals surface area contributed by atoms with E-state index in [4.69, 9.17) is 10.5 Å². The highest BCUT2D eigenvalue weighted by atomic mass is 19.1. The number of carbonyl (C=O) groups is 1. The molecule has 0 atom stereocenters. The van der Waals surface area contributed by atoms with Crippen LogP contribution in [0, 0.1) is 25.5 Å². The van der Waals surface area contributed by atoms with E-state index in [1.54, 1.807) is 24.3 Å². The van der Waals surface area contributed by atoms with Crippen LogP contribution < -0.4 is 10.5 Å². The molecule has 0 saturated carbocycles. The molecule has 0 saturated heterocycles. The Morgan fingerprint density at radius 2 is 1.57 bits per heavy atom. The average Bonchev–Trinajstić information content (AvgIpc) is 2.82. The maximum absolute atomic E-state index is 14.3. The number of hydrogen-bond donors (Lipinski definition) is 1. The summed E-state index contributed by atoms with van der Waals surface area (Å²) in [7, 11) is 1.45. The van der Waals surface area contributed by atoms with Gasteiger partial charge in [-0.3, -0.25) is 9.78 Å². The number of carbonyl (C=O) groups excluding carboxylic acids is 1. The normalized spacial score (nSPS) is 10.9. The molecule has 0 unspecified atom stereocenters. The Bertz CT molecular complexity index is 1390. The van der Waals surface area contributed by atoms with Gasteiger partial charge >= 0.3 is 0 Å². The number of pyridine rings is 1. The van der Waals surface area contributed by atoms with Crippen molar-refractivity contribution in [3.05, 3.63) is 88.9 Å². The van der Waals surface area contributed by atoms with E-state index in [1.165, 1.54) is 25.3 Å². The van der Waals surface area contributed by atoms with Crippen LogP contribution in [0.2, 0.25) is 0 Å². The number of rotatable bonds is 7. The molecular formula is C27H24F2N4O2. The molecule has 4 aromatic rings. The number of ketones is 1. The van der Waals surface area contributed by atoms with Gasteiger partial charge in [-0.15, -0.1) is 0 Å². The molecule has 0 bridgehead atoms. The third-order valence-corrected chi connectivity index (χ3v) is 5.56. The summed E-state index contributed by atoms with van der Waals surface area (Å²) < 4.78 is 33.1. The van der Waals surface area contributed by atoms with Gasteiger partial charge in [0.05, 0.1) is 18.5 Å². The number of nitrogens with two attached hydrogens (primary N) is 1. The third-order valence-electron chi connectivity index (χ3n) is 5.56. The fourth-order valence-electron chi connectivity index (χ4n) is 3.96. The molecule has 6 nitrogen and oxygen atoms in total. The smallest absolute Gasteiger partial charge is 0.185 e. The Morgan fingerprint density at radius 3 is 2.23 bits per heavy atom. The number of anilines is 1. The molecule has 0 aliphatic rings. The summed E-state index contributed by atoms with van der Waals surface area (Å²) in [6.07, 6.45) is 0.0677. The van der Waals surface area contributed by atoms with Gasteiger partial charge in [-0.05, 0) is 68.8 Å². The van der Waals surface area contributed by atoms with E-state index in [-0.39, 0.29) is 36.0 Å². The standard InChI is InChI=1S/C27H24F2N4O2/c1-15-13-18(14-16(2)31-15)25-24(17-7-9-19(28)10-8-17)33-27(30)26(32-25)22(34)12-11-20-21(29)5-4-6-23(20)35-3/h4-10,13-14H,11-12H2,1-3H3,(H2,30,33). The van der Waals surface area contributed by atoms with Crippen LogP contribution in [-0.4, -0.2) is 27.8 Å². The number of benzene rings is 2. The molecule has 2 aromatic carbocycles. The third kappa shape index (κ3) is 5.16. The molecule has 35 heavy (non-hydrogen) atoms. The molecule has 0 spiro atoms. The summed E-state index contributed by atoms with van der Waals surface area (Å²) >= 11 is 0. The summed E-state index contributed by atoms with van der Waals surface area (Å²) in [5, 5.41) is 0. The number of nitrogens with zero attached hydrogens (tertiary/aromatic N) is 3. The first-order chi connectivity index (χ1) is 16.8. The minimum atomic E-state index is -0.453. The van der Waals surface area contributed by atoms with Gasteiger partial charge in [0.25, 0.3) is 0 Å². The predicted octanol–water partition coefficient (Wildman–Crippen LogP) is 5.51. The monoisotopic (exact) mass is 474 g/mol. The number of nitrogen functional groups attached to an aromatic ring is 1. The van der Waals surface area contributed by atoms with Crippen molar-refractivity contribution in [3.63, 3.8) is 0 Å². The molecule has 178 valence electrons. The Kier molecular flexibility index (Phi) is 6.82. The highest BCUT2D eigenvalue weighted by molar-refractivity contribution is 5.99. The van der Waals surface area contributed by atoms with Gasteiger partial charge in [-0.25, -0.2) is 18.7 Å². The number of ether oxygens (including phenoxy) is 1. The lowest BCUT2D eigenvalue weighted by atomic mass is 10.0. The second kappa shape index (κ2) is 9.97. The van der Waals surface area contributed by atoms with Gasteiger partial charge < -0.3 is 10.5 Å². The van der Waals surface area contributed by atoms with Gasteiger partial charge in [-0.2, -0.15) is 0 Å². The molecule has 0 aliphatic carbocycles. The Hall–Kier alpha value is -4.20. The van der Waals surface area contributed by atoms with Crippen LogP contribution >= 0.6 is 0 Å². The SMILES string of the molecule is COc1cccc(F)c1CCC(=O)c1nc(-c2cc(C)nc(C)c2)c(-c2ccc(F)cc2)nc1N. The van der Waals surface area contributed by atoms with Gasteiger partial charge in [0, 0.05) is 34.5 Å². The molecule has 4 rings (SSSR count). The fraction of sp³-hybridized carbons (Fsp3) is 0.185. The first kappa shape index (κ1) is 23.9. The molecule has 2 aromatic heterocycles. The van der Waals surface area contributed by atoms with Crippen LogP contribution in [0.15, 0.2) is 54.6 Å². The lowest BCUT2D eigenvalue weighted by molar-refractivity contribution is 0.0978. The van der Waals surface area contributed by atoms with Crippen molar-refractivity contribution < 1.29 is 18.3 Å². The first-order valence-electron chi connectivity index (χ1n) is 11.0. The highest BCUT2D eigenvalue weighted by Gasteiger charge is 2.21. The number of halogens is 2. The van der Waals surface area contributed by atoms with Crippen LogP contribution in [0.1, 0.15) is 33.9 Å². The fourth-order valence-corrected chi connectivity index (χ4v) is 3.96. The molecule has 0 fully saturated rings. The lowest BCUT2D eigenvalue weighted by Gasteiger charge is -2.14. The second-order valence-corrected chi connectivity index (χ2v) is 8.14. The molecule has 2 N–H and O–H groups in total. The van der Waals surface area contributed by atoms with Crippen molar-refractivity contribution in [1.82, 2.24) is 15.0 Å². The van der Waals surface area contributed by atoms with E-state index in [2.05, 4.69) is 15.0 Å². The predicted molar refractivity (Wildman–Crippen MR) is 130 cm³/mol. The number of aryl methyl sites for hydroxylation is 2. The zero-order valence-corrected chi connectivity index (χ0v) is 19.6. The molecule has 0 radical (unpaired) electrons. The van der Waals surface area contributed by atoms with Crippen molar-refractivity contribution in [2.45, 2.75) is 26.7 Å². The van der Waals surface area contributed by atoms with Crippen LogP contribution in [0.25, 0.3) is 22.5 Å². The second-order valence-electron chi connectivity index (χ2n) is 8.14. The van der Waals surface area contributed by atoms with Crippen molar-refractivity contribution in [3.8, 4) is 28.3 Å². The van der Waals surface area contributed by atoms with Crippen molar-refractivity contribution in [2.24, 2.45) is 0 Å². The largest absolute Gasteiger partial charge is 0.496 e. The summed E-state index contributed by atoms with van der Waals surface area (Å²) in [6, 6.07) is 14.0. The van der Waals surface area contributed by atoms with Crippen molar-refractivity contribution >= 4 is 11.6 Å². The molecule has 2 heterocycles. The Balaban J connectivity index is 1.77. The summed E-state index contributed by atoms with van der Waals surface area (Å²) in [6.45, 7) is 3.71. The number of methoxy groups -OCH3 is 1. The molecule has 0 amide bonds. The molecule has 8 heteroatoms. The summed E-state index contributed by atoms with van der Waals surface area (Å²) in [5.41, 5.74) is 10.1. The topological polar surface area (TPSA) is 91.0 Å². The van der Waals surface area contributed by atoms with Gasteiger partial charge in [0.15, 0.2) is 11.6 Å². The Morgan fingerprint density at radius 1 is 0.914 bits per heavy atom. The van der Waals surface area contributed by atoms with E-state index in [1.807, 2.05) is 26.0 Å². The molecular weight excluding hydrogens is 450 g/mol. The number of Topliss-reactive ketones (excluding diaryl/α,β-unsaturated/α-hetero) is 1. The maximum atomic E-state index is 14.3. The number of aromatic nitrogens is 3. The van der Waals surface area contributed by atoms with E-state index in [0.717, 1.165) is 11.4 Å². The quantitative estimate of drug-likeness (QED) is 0.355. The zero-order valence-electron chi connectivity index (χ0n) is 19.6. The lowest BCUT2D eigenvalue weighted by Crippen LogP contribution is -2.12. The average molecular weight is 475 g/mol. The highest BCUT2D eigenvalue weighted by Crippen LogP contribution is 2.32. The van der Waals surface area contributed by atoms with Gasteiger partial charge in [0.2, 0.25) is 0 Å². The maximum Gasteiger partial charge on any atom is 0.185 e. The van der Waals surface area contributed by atoms with E-state index in [9.17, 15) is 13.6 Å².